The number of carbonyl (C=O) groups is 1. The Morgan fingerprint density at radius 3 is 2.58 bits per heavy atom. The molecule has 12 heteroatoms. The first-order chi connectivity index (χ1) is 14.6. The topological polar surface area (TPSA) is 116 Å². The quantitative estimate of drug-likeness (QED) is 0.480. The number of hydrogen-bond donors (Lipinski definition) is 3. The number of halogens is 3. The molecule has 0 aliphatic heterocycles. The van der Waals surface area contributed by atoms with Crippen molar-refractivity contribution >= 4 is 23.0 Å². The number of ether oxygens (including phenoxy) is 1. The molecule has 0 bridgehead atoms. The number of benzene rings is 1. The largest absolute Gasteiger partial charge is 0.496 e. The number of H-pyrrole nitrogens is 1. The number of carboxylic acid groups (broad SMARTS) is 1. The number of carboxylic acids is 1. The van der Waals surface area contributed by atoms with Gasteiger partial charge >= 0.3 is 12.1 Å². The third-order valence-corrected chi connectivity index (χ3v) is 4.00. The molecule has 0 aliphatic rings. The Hall–Kier alpha value is -3.41. The van der Waals surface area contributed by atoms with Crippen LogP contribution in [0.15, 0.2) is 30.5 Å². The van der Waals surface area contributed by atoms with Crippen molar-refractivity contribution in [1.82, 2.24) is 25.1 Å². The fourth-order valence-corrected chi connectivity index (χ4v) is 2.54. The van der Waals surface area contributed by atoms with Crippen molar-refractivity contribution in [3.05, 3.63) is 30.5 Å². The van der Waals surface area contributed by atoms with Gasteiger partial charge in [0.15, 0.2) is 5.65 Å². The van der Waals surface area contributed by atoms with Crippen LogP contribution in [0.1, 0.15) is 6.42 Å². The molecule has 2 aromatic heterocycles. The number of nitrogens with one attached hydrogen (secondary N) is 2. The highest BCUT2D eigenvalue weighted by Gasteiger charge is 2.38. The maximum atomic E-state index is 10.6. The van der Waals surface area contributed by atoms with Gasteiger partial charge in [-0.05, 0) is 39.2 Å². The van der Waals surface area contributed by atoms with Crippen LogP contribution in [0.3, 0.4) is 0 Å². The monoisotopic (exact) mass is 440 g/mol. The third kappa shape index (κ3) is 6.81. The van der Waals surface area contributed by atoms with E-state index >= 15 is 0 Å². The average molecular weight is 440 g/mol. The zero-order valence-electron chi connectivity index (χ0n) is 17.2. The molecule has 0 atom stereocenters. The van der Waals surface area contributed by atoms with E-state index in [1.807, 2.05) is 24.3 Å². The number of hydrogen-bond acceptors (Lipinski definition) is 7. The lowest BCUT2D eigenvalue weighted by Gasteiger charge is -2.09. The van der Waals surface area contributed by atoms with E-state index in [2.05, 4.69) is 44.5 Å². The summed E-state index contributed by atoms with van der Waals surface area (Å²) in [6.07, 6.45) is -2.26. The van der Waals surface area contributed by atoms with E-state index in [9.17, 15) is 13.2 Å². The molecule has 31 heavy (non-hydrogen) atoms. The van der Waals surface area contributed by atoms with Crippen LogP contribution in [0.4, 0.5) is 19.1 Å². The summed E-state index contributed by atoms with van der Waals surface area (Å²) in [7, 11) is 5.78. The summed E-state index contributed by atoms with van der Waals surface area (Å²) in [5.74, 6) is -1.37. The minimum absolute atomic E-state index is 0.597. The highest BCUT2D eigenvalue weighted by atomic mass is 19.4. The van der Waals surface area contributed by atoms with Crippen molar-refractivity contribution in [1.29, 1.82) is 0 Å². The van der Waals surface area contributed by atoms with E-state index in [0.29, 0.717) is 11.6 Å². The van der Waals surface area contributed by atoms with Crippen LogP contribution in [0, 0.1) is 0 Å². The maximum absolute atomic E-state index is 10.6. The van der Waals surface area contributed by atoms with Crippen LogP contribution >= 0.6 is 0 Å². The molecule has 9 nitrogen and oxygen atoms in total. The lowest BCUT2D eigenvalue weighted by molar-refractivity contribution is -0.192. The van der Waals surface area contributed by atoms with Gasteiger partial charge in [0, 0.05) is 18.3 Å². The van der Waals surface area contributed by atoms with Crippen LogP contribution in [0.25, 0.3) is 22.3 Å². The summed E-state index contributed by atoms with van der Waals surface area (Å²) in [4.78, 5) is 19.9. The minimum Gasteiger partial charge on any atom is -0.496 e. The number of nitrogens with zero attached hydrogens (tertiary/aromatic N) is 4. The molecule has 3 rings (SSSR count). The highest BCUT2D eigenvalue weighted by Crippen LogP contribution is 2.32. The summed E-state index contributed by atoms with van der Waals surface area (Å²) >= 11 is 0. The number of methoxy groups -OCH3 is 1. The molecule has 0 spiro atoms. The molecule has 3 N–H and O–H groups in total. The van der Waals surface area contributed by atoms with Crippen LogP contribution in [-0.4, -0.2) is 76.6 Å². The third-order valence-electron chi connectivity index (χ3n) is 4.00. The number of anilines is 1. The van der Waals surface area contributed by atoms with Crippen LogP contribution < -0.4 is 10.1 Å². The fourth-order valence-electron chi connectivity index (χ4n) is 2.54. The van der Waals surface area contributed by atoms with Gasteiger partial charge in [0.25, 0.3) is 0 Å². The standard InChI is InChI=1S/C17H22N6O.C2HF3O2/c1-23(2)10-6-9-18-17-19-11-13-15(21-22-16(13)20-17)12-7-4-5-8-14(12)24-3;3-2(4,5)1(6)7/h4-5,7-8,11H,6,9-10H2,1-3H3,(H2,18,19,20,21,22);(H,6,7). The molecule has 2 heterocycles. The molecule has 0 aliphatic carbocycles. The molecule has 168 valence electrons. The van der Waals surface area contributed by atoms with Gasteiger partial charge in [-0.1, -0.05) is 12.1 Å². The van der Waals surface area contributed by atoms with Crippen molar-refractivity contribution in [2.24, 2.45) is 0 Å². The van der Waals surface area contributed by atoms with Gasteiger partial charge in [-0.3, -0.25) is 5.10 Å². The van der Waals surface area contributed by atoms with Gasteiger partial charge in [-0.25, -0.2) is 9.78 Å². The second kappa shape index (κ2) is 10.6. The molecular formula is C19H23F3N6O3. The van der Waals surface area contributed by atoms with Crippen molar-refractivity contribution in [2.75, 3.05) is 39.6 Å². The number of rotatable bonds is 7. The Morgan fingerprint density at radius 1 is 1.29 bits per heavy atom. The highest BCUT2D eigenvalue weighted by molar-refractivity contribution is 5.92. The van der Waals surface area contributed by atoms with E-state index in [-0.39, 0.29) is 0 Å². The zero-order chi connectivity index (χ0) is 23.0. The first-order valence-electron chi connectivity index (χ1n) is 9.16. The summed E-state index contributed by atoms with van der Waals surface area (Å²) in [6.45, 7) is 1.85. The van der Waals surface area contributed by atoms with Crippen LogP contribution in [-0.2, 0) is 4.79 Å². The van der Waals surface area contributed by atoms with E-state index in [1.54, 1.807) is 13.3 Å². The molecule has 0 radical (unpaired) electrons. The number of aliphatic carboxylic acids is 1. The van der Waals surface area contributed by atoms with Gasteiger partial charge in [0.05, 0.1) is 18.2 Å². The van der Waals surface area contributed by atoms with Gasteiger partial charge < -0.3 is 20.1 Å². The first kappa shape index (κ1) is 23.9. The van der Waals surface area contributed by atoms with Crippen molar-refractivity contribution in [3.8, 4) is 17.0 Å². The molecular weight excluding hydrogens is 417 g/mol. The second-order valence-electron chi connectivity index (χ2n) is 6.62. The Kier molecular flexibility index (Phi) is 8.14. The minimum atomic E-state index is -5.08. The van der Waals surface area contributed by atoms with Gasteiger partial charge in [0.1, 0.15) is 5.75 Å². The summed E-state index contributed by atoms with van der Waals surface area (Å²) in [5, 5.41) is 18.6. The Balaban J connectivity index is 0.000000423. The van der Waals surface area contributed by atoms with Gasteiger partial charge in [0.2, 0.25) is 5.95 Å². The molecule has 0 unspecified atom stereocenters. The van der Waals surface area contributed by atoms with E-state index < -0.39 is 12.1 Å². The summed E-state index contributed by atoms with van der Waals surface area (Å²) in [6, 6.07) is 7.81. The van der Waals surface area contributed by atoms with Crippen LogP contribution in [0.5, 0.6) is 5.75 Å². The summed E-state index contributed by atoms with van der Waals surface area (Å²) in [5.41, 5.74) is 2.44. The molecule has 1 aromatic carbocycles. The average Bonchev–Trinajstić information content (AvgIpc) is 3.14. The molecule has 0 saturated carbocycles. The van der Waals surface area contributed by atoms with E-state index in [1.165, 1.54) is 0 Å². The SMILES string of the molecule is COc1ccccc1-c1[nH]nc2nc(NCCCN(C)C)ncc12.O=C(O)C(F)(F)F. The predicted octanol–water partition coefficient (Wildman–Crippen LogP) is 3.03. The lowest BCUT2D eigenvalue weighted by Crippen LogP contribution is -2.21. The summed E-state index contributed by atoms with van der Waals surface area (Å²) < 4.78 is 37.2. The number of aromatic amines is 1. The Bertz CT molecular complexity index is 1010. The van der Waals surface area contributed by atoms with Crippen molar-refractivity contribution < 1.29 is 27.8 Å². The Labute approximate surface area is 176 Å². The molecule has 0 saturated heterocycles. The number of aromatic nitrogens is 4. The zero-order valence-corrected chi connectivity index (χ0v) is 17.2. The van der Waals surface area contributed by atoms with Crippen LogP contribution in [0.2, 0.25) is 0 Å². The normalized spacial score (nSPS) is 11.2. The molecule has 3 aromatic rings. The fraction of sp³-hybridized carbons (Fsp3) is 0.368. The maximum Gasteiger partial charge on any atom is 0.490 e. The number of alkyl halides is 3. The van der Waals surface area contributed by atoms with Crippen molar-refractivity contribution in [3.63, 3.8) is 0 Å². The smallest absolute Gasteiger partial charge is 0.490 e. The van der Waals surface area contributed by atoms with E-state index in [4.69, 9.17) is 14.6 Å². The molecule has 0 fully saturated rings. The van der Waals surface area contributed by atoms with Crippen molar-refractivity contribution in [2.45, 2.75) is 12.6 Å². The van der Waals surface area contributed by atoms with E-state index in [0.717, 1.165) is 41.9 Å². The first-order valence-corrected chi connectivity index (χ1v) is 9.16. The molecule has 0 amide bonds. The predicted molar refractivity (Wildman–Crippen MR) is 109 cm³/mol. The van der Waals surface area contributed by atoms with Gasteiger partial charge in [-0.2, -0.15) is 23.3 Å². The Morgan fingerprint density at radius 2 is 1.97 bits per heavy atom. The number of fused-ring (bicyclic) bond motifs is 1. The van der Waals surface area contributed by atoms with Gasteiger partial charge in [-0.15, -0.1) is 0 Å². The number of para-hydroxylation sites is 1. The second-order valence-corrected chi connectivity index (χ2v) is 6.62. The lowest BCUT2D eigenvalue weighted by atomic mass is 10.1.